The Morgan fingerprint density at radius 1 is 1.38 bits per heavy atom. The predicted octanol–water partition coefficient (Wildman–Crippen LogP) is 4.19. The standard InChI is InChI=1S/C17H24N2OS/c1-3-12(2)17-19-15-5-4-14(10-16(15)21-17)20-11-13-6-8-18-9-7-13/h4-5,10,12-13,18H,3,6-9,11H2,1-2H3. The van der Waals surface area contributed by atoms with E-state index in [1.807, 2.05) is 0 Å². The smallest absolute Gasteiger partial charge is 0.120 e. The molecule has 3 rings (SSSR count). The third-order valence-electron chi connectivity index (χ3n) is 4.35. The molecule has 1 aliphatic heterocycles. The Morgan fingerprint density at radius 3 is 2.95 bits per heavy atom. The summed E-state index contributed by atoms with van der Waals surface area (Å²) in [6.07, 6.45) is 3.58. The molecule has 0 amide bonds. The number of nitrogens with zero attached hydrogens (tertiary/aromatic N) is 1. The number of hydrogen-bond acceptors (Lipinski definition) is 4. The molecule has 1 fully saturated rings. The van der Waals surface area contributed by atoms with Crippen LogP contribution in [0.3, 0.4) is 0 Å². The van der Waals surface area contributed by atoms with Gasteiger partial charge in [-0.05, 0) is 56.5 Å². The van der Waals surface area contributed by atoms with Crippen LogP contribution >= 0.6 is 11.3 Å². The molecule has 1 aromatic heterocycles. The highest BCUT2D eigenvalue weighted by molar-refractivity contribution is 7.18. The van der Waals surface area contributed by atoms with Gasteiger partial charge in [-0.2, -0.15) is 0 Å². The van der Waals surface area contributed by atoms with Gasteiger partial charge in [-0.15, -0.1) is 11.3 Å². The van der Waals surface area contributed by atoms with Crippen molar-refractivity contribution >= 4 is 21.6 Å². The molecular weight excluding hydrogens is 280 g/mol. The van der Waals surface area contributed by atoms with Crippen LogP contribution in [0.25, 0.3) is 10.2 Å². The lowest BCUT2D eigenvalue weighted by Crippen LogP contribution is -2.30. The number of benzene rings is 1. The van der Waals surface area contributed by atoms with E-state index in [1.165, 1.54) is 22.5 Å². The van der Waals surface area contributed by atoms with Crippen molar-refractivity contribution in [3.8, 4) is 5.75 Å². The van der Waals surface area contributed by atoms with Crippen LogP contribution in [0.1, 0.15) is 44.0 Å². The van der Waals surface area contributed by atoms with E-state index >= 15 is 0 Å². The minimum atomic E-state index is 0.543. The zero-order chi connectivity index (χ0) is 14.7. The van der Waals surface area contributed by atoms with Crippen LogP contribution < -0.4 is 10.1 Å². The predicted molar refractivity (Wildman–Crippen MR) is 89.4 cm³/mol. The zero-order valence-electron chi connectivity index (χ0n) is 12.9. The Labute approximate surface area is 130 Å². The Kier molecular flexibility index (Phi) is 4.76. The molecule has 3 nitrogen and oxygen atoms in total. The highest BCUT2D eigenvalue weighted by Crippen LogP contribution is 2.31. The van der Waals surface area contributed by atoms with E-state index in [-0.39, 0.29) is 0 Å². The molecular formula is C17H24N2OS. The van der Waals surface area contributed by atoms with Crippen LogP contribution in [0.5, 0.6) is 5.75 Å². The first-order valence-corrected chi connectivity index (χ1v) is 8.82. The summed E-state index contributed by atoms with van der Waals surface area (Å²) < 4.78 is 7.24. The average molecular weight is 304 g/mol. The number of piperidine rings is 1. The maximum Gasteiger partial charge on any atom is 0.120 e. The summed E-state index contributed by atoms with van der Waals surface area (Å²) in [7, 11) is 0. The number of hydrogen-bond donors (Lipinski definition) is 1. The van der Waals surface area contributed by atoms with Crippen LogP contribution in [-0.4, -0.2) is 24.7 Å². The van der Waals surface area contributed by atoms with Crippen molar-refractivity contribution in [2.45, 2.75) is 39.0 Å². The molecule has 1 unspecified atom stereocenters. The SMILES string of the molecule is CCC(C)c1nc2ccc(OCC3CCNCC3)cc2s1. The zero-order valence-corrected chi connectivity index (χ0v) is 13.7. The molecule has 0 saturated carbocycles. The van der Waals surface area contributed by atoms with Gasteiger partial charge in [0, 0.05) is 5.92 Å². The molecule has 1 atom stereocenters. The highest BCUT2D eigenvalue weighted by atomic mass is 32.1. The van der Waals surface area contributed by atoms with E-state index < -0.39 is 0 Å². The molecule has 21 heavy (non-hydrogen) atoms. The van der Waals surface area contributed by atoms with Gasteiger partial charge >= 0.3 is 0 Å². The van der Waals surface area contributed by atoms with E-state index in [9.17, 15) is 0 Å². The van der Waals surface area contributed by atoms with Crippen molar-refractivity contribution in [3.05, 3.63) is 23.2 Å². The third kappa shape index (κ3) is 3.55. The Balaban J connectivity index is 1.68. The molecule has 4 heteroatoms. The van der Waals surface area contributed by atoms with E-state index in [0.717, 1.165) is 37.4 Å². The van der Waals surface area contributed by atoms with Gasteiger partial charge in [-0.3, -0.25) is 0 Å². The first kappa shape index (κ1) is 14.8. The lowest BCUT2D eigenvalue weighted by Gasteiger charge is -2.22. The minimum absolute atomic E-state index is 0.543. The van der Waals surface area contributed by atoms with Crippen molar-refractivity contribution in [1.29, 1.82) is 0 Å². The molecule has 0 spiro atoms. The lowest BCUT2D eigenvalue weighted by molar-refractivity contribution is 0.215. The summed E-state index contributed by atoms with van der Waals surface area (Å²) in [5.41, 5.74) is 1.10. The van der Waals surface area contributed by atoms with E-state index in [2.05, 4.69) is 37.4 Å². The van der Waals surface area contributed by atoms with Crippen molar-refractivity contribution in [1.82, 2.24) is 10.3 Å². The van der Waals surface area contributed by atoms with E-state index in [0.29, 0.717) is 11.8 Å². The summed E-state index contributed by atoms with van der Waals surface area (Å²) in [6, 6.07) is 6.30. The van der Waals surface area contributed by atoms with Crippen LogP contribution in [0.4, 0.5) is 0 Å². The van der Waals surface area contributed by atoms with Crippen LogP contribution in [0.15, 0.2) is 18.2 Å². The number of aromatic nitrogens is 1. The summed E-state index contributed by atoms with van der Waals surface area (Å²) in [5, 5.41) is 4.63. The second-order valence-electron chi connectivity index (χ2n) is 6.00. The van der Waals surface area contributed by atoms with Crippen LogP contribution in [0, 0.1) is 5.92 Å². The second-order valence-corrected chi connectivity index (χ2v) is 7.06. The summed E-state index contributed by atoms with van der Waals surface area (Å²) in [4.78, 5) is 4.73. The van der Waals surface area contributed by atoms with Gasteiger partial charge in [-0.1, -0.05) is 13.8 Å². The number of fused-ring (bicyclic) bond motifs is 1. The van der Waals surface area contributed by atoms with Gasteiger partial charge in [0.1, 0.15) is 5.75 Å². The molecule has 2 aromatic rings. The largest absolute Gasteiger partial charge is 0.493 e. The quantitative estimate of drug-likeness (QED) is 0.899. The first-order valence-electron chi connectivity index (χ1n) is 8.00. The fourth-order valence-electron chi connectivity index (χ4n) is 2.66. The second kappa shape index (κ2) is 6.75. The number of thiazole rings is 1. The molecule has 1 N–H and O–H groups in total. The van der Waals surface area contributed by atoms with Crippen LogP contribution in [-0.2, 0) is 0 Å². The number of nitrogens with one attached hydrogen (secondary N) is 1. The summed E-state index contributed by atoms with van der Waals surface area (Å²) in [6.45, 7) is 7.54. The molecule has 0 aliphatic carbocycles. The maximum absolute atomic E-state index is 6.00. The Morgan fingerprint density at radius 2 is 2.19 bits per heavy atom. The monoisotopic (exact) mass is 304 g/mol. The molecule has 1 aliphatic rings. The molecule has 1 aromatic carbocycles. The topological polar surface area (TPSA) is 34.1 Å². The first-order chi connectivity index (χ1) is 10.3. The van der Waals surface area contributed by atoms with Crippen molar-refractivity contribution in [2.75, 3.05) is 19.7 Å². The van der Waals surface area contributed by atoms with E-state index in [4.69, 9.17) is 9.72 Å². The van der Waals surface area contributed by atoms with Gasteiger partial charge < -0.3 is 10.1 Å². The molecule has 1 saturated heterocycles. The van der Waals surface area contributed by atoms with Gasteiger partial charge in [0.25, 0.3) is 0 Å². The number of rotatable bonds is 5. The number of ether oxygens (including phenoxy) is 1. The normalized spacial score (nSPS) is 18.0. The lowest BCUT2D eigenvalue weighted by atomic mass is 9.99. The third-order valence-corrected chi connectivity index (χ3v) is 5.60. The van der Waals surface area contributed by atoms with Crippen molar-refractivity contribution in [2.24, 2.45) is 5.92 Å². The Hall–Kier alpha value is -1.13. The highest BCUT2D eigenvalue weighted by Gasteiger charge is 2.14. The fourth-order valence-corrected chi connectivity index (χ4v) is 3.79. The van der Waals surface area contributed by atoms with Crippen LogP contribution in [0.2, 0.25) is 0 Å². The minimum Gasteiger partial charge on any atom is -0.493 e. The summed E-state index contributed by atoms with van der Waals surface area (Å²) in [5.74, 6) is 2.22. The fraction of sp³-hybridized carbons (Fsp3) is 0.588. The van der Waals surface area contributed by atoms with Crippen molar-refractivity contribution < 1.29 is 4.74 Å². The molecule has 0 bridgehead atoms. The van der Waals surface area contributed by atoms with Gasteiger partial charge in [0.15, 0.2) is 0 Å². The molecule has 2 heterocycles. The molecule has 114 valence electrons. The van der Waals surface area contributed by atoms with Gasteiger partial charge in [-0.25, -0.2) is 4.98 Å². The summed E-state index contributed by atoms with van der Waals surface area (Å²) >= 11 is 1.80. The maximum atomic E-state index is 6.00. The average Bonchev–Trinajstić information content (AvgIpc) is 2.96. The van der Waals surface area contributed by atoms with Gasteiger partial charge in [0.2, 0.25) is 0 Å². The molecule has 0 radical (unpaired) electrons. The van der Waals surface area contributed by atoms with E-state index in [1.54, 1.807) is 11.3 Å². The Bertz CT molecular complexity index is 589. The van der Waals surface area contributed by atoms with Gasteiger partial charge in [0.05, 0.1) is 21.8 Å². The van der Waals surface area contributed by atoms with Crippen molar-refractivity contribution in [3.63, 3.8) is 0 Å².